The topological polar surface area (TPSA) is 54.4 Å². The molecule has 1 N–H and O–H groups in total. The molecule has 0 saturated heterocycles. The summed E-state index contributed by atoms with van der Waals surface area (Å²) in [6.45, 7) is 1.38. The maximum atomic E-state index is 10.1. The minimum absolute atomic E-state index is 0. The number of aliphatic carboxylic acids is 1. The van der Waals surface area contributed by atoms with Crippen molar-refractivity contribution in [3.63, 3.8) is 0 Å². The van der Waals surface area contributed by atoms with Crippen LogP contribution in [0.5, 0.6) is 0 Å². The Morgan fingerprint density at radius 3 is 1.89 bits per heavy atom. The molecular formula is C5H10CaO3. The van der Waals surface area contributed by atoms with Crippen molar-refractivity contribution in [2.24, 2.45) is 0 Å². The summed E-state index contributed by atoms with van der Waals surface area (Å²) in [6.07, 6.45) is 0.102. The molecule has 9 heavy (non-hydrogen) atoms. The third kappa shape index (κ3) is 11.8. The second kappa shape index (κ2) is 6.52. The number of hydrogen-bond donors (Lipinski definition) is 1. The number of carboxylic acids is 1. The molecule has 0 atom stereocenters. The molecule has 0 aromatic carbocycles. The Hall–Kier alpha value is 0.400. The zero-order chi connectivity index (χ0) is 6.57. The fourth-order valence-corrected chi connectivity index (χ4v) is 0.283. The molecule has 4 heteroatoms. The Bertz CT molecular complexity index is 96.8. The Labute approximate surface area is 83.4 Å². The van der Waals surface area contributed by atoms with Crippen molar-refractivity contribution in [3.05, 3.63) is 0 Å². The quantitative estimate of drug-likeness (QED) is 0.565. The van der Waals surface area contributed by atoms with Gasteiger partial charge in [0.2, 0.25) is 0 Å². The van der Waals surface area contributed by atoms with Crippen LogP contribution in [0.1, 0.15) is 19.8 Å². The fraction of sp³-hybridized carbons (Fsp3) is 0.600. The number of carbonyl (C=O) groups excluding carboxylic acids is 1. The molecule has 0 aromatic rings. The zero-order valence-corrected chi connectivity index (χ0v) is 4.68. The molecule has 0 amide bonds. The summed E-state index contributed by atoms with van der Waals surface area (Å²) < 4.78 is 0. The van der Waals surface area contributed by atoms with Gasteiger partial charge in [-0.1, -0.05) is 0 Å². The van der Waals surface area contributed by atoms with Gasteiger partial charge in [-0.2, -0.15) is 0 Å². The molecule has 0 saturated carbocycles. The summed E-state index contributed by atoms with van der Waals surface area (Å²) >= 11 is 0. The average molecular weight is 158 g/mol. The molecule has 0 bridgehead atoms. The molecule has 0 unspecified atom stereocenters. The Balaban J connectivity index is 0. The van der Waals surface area contributed by atoms with Gasteiger partial charge in [-0.15, -0.1) is 0 Å². The summed E-state index contributed by atoms with van der Waals surface area (Å²) in [5.41, 5.74) is 0. The molecule has 0 aliphatic heterocycles. The van der Waals surface area contributed by atoms with Gasteiger partial charge in [0.15, 0.2) is 0 Å². The van der Waals surface area contributed by atoms with Crippen LogP contribution in [0.25, 0.3) is 0 Å². The molecule has 50 valence electrons. The van der Waals surface area contributed by atoms with E-state index in [0.717, 1.165) is 0 Å². The summed E-state index contributed by atoms with van der Waals surface area (Å²) in [5, 5.41) is 8.01. The van der Waals surface area contributed by atoms with E-state index in [1.165, 1.54) is 6.92 Å². The van der Waals surface area contributed by atoms with Crippen molar-refractivity contribution in [1.82, 2.24) is 0 Å². The van der Waals surface area contributed by atoms with E-state index in [0.29, 0.717) is 0 Å². The number of ketones is 1. The summed E-state index contributed by atoms with van der Waals surface area (Å²) in [6, 6.07) is 0. The molecule has 0 heterocycles. The van der Waals surface area contributed by atoms with Gasteiger partial charge in [0.1, 0.15) is 5.78 Å². The van der Waals surface area contributed by atoms with Crippen molar-refractivity contribution >= 4 is 49.5 Å². The fourth-order valence-electron chi connectivity index (χ4n) is 0.283. The molecular weight excluding hydrogens is 148 g/mol. The van der Waals surface area contributed by atoms with Crippen LogP contribution in [0, 0.1) is 0 Å². The van der Waals surface area contributed by atoms with Crippen molar-refractivity contribution in [2.75, 3.05) is 0 Å². The first kappa shape index (κ1) is 12.1. The van der Waals surface area contributed by atoms with Crippen LogP contribution in [0.3, 0.4) is 0 Å². The SMILES string of the molecule is CC(=O)CCC(=O)O.[CaH2]. The molecule has 0 rings (SSSR count). The van der Waals surface area contributed by atoms with Crippen LogP contribution >= 0.6 is 0 Å². The van der Waals surface area contributed by atoms with Gasteiger partial charge >= 0.3 is 43.7 Å². The molecule has 3 nitrogen and oxygen atoms in total. The normalized spacial score (nSPS) is 7.67. The van der Waals surface area contributed by atoms with Gasteiger partial charge in [0, 0.05) is 6.42 Å². The monoisotopic (exact) mass is 158 g/mol. The second-order valence-corrected chi connectivity index (χ2v) is 1.60. The van der Waals surface area contributed by atoms with E-state index in [1.54, 1.807) is 0 Å². The van der Waals surface area contributed by atoms with E-state index in [2.05, 4.69) is 0 Å². The van der Waals surface area contributed by atoms with Gasteiger partial charge in [0.05, 0.1) is 6.42 Å². The van der Waals surface area contributed by atoms with E-state index in [1.807, 2.05) is 0 Å². The number of Topliss-reactive ketones (excluding diaryl/α,β-unsaturated/α-hetero) is 1. The predicted molar refractivity (Wildman–Crippen MR) is 36.1 cm³/mol. The molecule has 0 fully saturated rings. The molecule has 0 radical (unpaired) electrons. The van der Waals surface area contributed by atoms with Crippen molar-refractivity contribution in [2.45, 2.75) is 19.8 Å². The molecule has 0 aliphatic rings. The van der Waals surface area contributed by atoms with Crippen LogP contribution in [0.4, 0.5) is 0 Å². The van der Waals surface area contributed by atoms with E-state index in [9.17, 15) is 9.59 Å². The van der Waals surface area contributed by atoms with Gasteiger partial charge < -0.3 is 9.90 Å². The molecule has 0 spiro atoms. The summed E-state index contributed by atoms with van der Waals surface area (Å²) in [7, 11) is 0. The van der Waals surface area contributed by atoms with E-state index < -0.39 is 5.97 Å². The van der Waals surface area contributed by atoms with Gasteiger partial charge in [-0.05, 0) is 6.92 Å². The first-order valence-electron chi connectivity index (χ1n) is 2.34. The van der Waals surface area contributed by atoms with Crippen LogP contribution in [-0.4, -0.2) is 54.6 Å². The minimum atomic E-state index is -0.916. The number of hydrogen-bond acceptors (Lipinski definition) is 2. The van der Waals surface area contributed by atoms with E-state index >= 15 is 0 Å². The van der Waals surface area contributed by atoms with Crippen LogP contribution in [-0.2, 0) is 9.59 Å². The van der Waals surface area contributed by atoms with Gasteiger partial charge in [0.25, 0.3) is 0 Å². The number of carboxylic acid groups (broad SMARTS) is 1. The van der Waals surface area contributed by atoms with E-state index in [-0.39, 0.29) is 56.4 Å². The zero-order valence-electron chi connectivity index (χ0n) is 4.68. The number of rotatable bonds is 3. The Morgan fingerprint density at radius 2 is 1.78 bits per heavy atom. The standard InChI is InChI=1S/C5H8O3.Ca.2H/c1-4(6)2-3-5(7)8;;;/h2-3H2,1H3,(H,7,8);;;. The predicted octanol–water partition coefficient (Wildman–Crippen LogP) is -0.476. The molecule has 0 aromatic heterocycles. The van der Waals surface area contributed by atoms with Crippen molar-refractivity contribution in [1.29, 1.82) is 0 Å². The van der Waals surface area contributed by atoms with Crippen LogP contribution < -0.4 is 0 Å². The van der Waals surface area contributed by atoms with Crippen molar-refractivity contribution in [3.8, 4) is 0 Å². The van der Waals surface area contributed by atoms with Gasteiger partial charge in [-0.25, -0.2) is 0 Å². The maximum absolute atomic E-state index is 10.1. The van der Waals surface area contributed by atoms with Crippen LogP contribution in [0.15, 0.2) is 0 Å². The van der Waals surface area contributed by atoms with Gasteiger partial charge in [-0.3, -0.25) is 4.79 Å². The summed E-state index contributed by atoms with van der Waals surface area (Å²) in [4.78, 5) is 19.8. The Morgan fingerprint density at radius 1 is 1.33 bits per heavy atom. The third-order valence-corrected chi connectivity index (χ3v) is 0.691. The van der Waals surface area contributed by atoms with E-state index in [4.69, 9.17) is 5.11 Å². The summed E-state index contributed by atoms with van der Waals surface area (Å²) in [5.74, 6) is -0.993. The number of carbonyl (C=O) groups is 2. The third-order valence-electron chi connectivity index (χ3n) is 0.691. The van der Waals surface area contributed by atoms with Crippen LogP contribution in [0.2, 0.25) is 0 Å². The van der Waals surface area contributed by atoms with Crippen molar-refractivity contribution < 1.29 is 14.7 Å². The average Bonchev–Trinajstić information content (AvgIpc) is 1.61. The molecule has 0 aliphatic carbocycles. The first-order valence-corrected chi connectivity index (χ1v) is 2.34. The Kier molecular flexibility index (Phi) is 8.77. The first-order chi connectivity index (χ1) is 3.63. The second-order valence-electron chi connectivity index (χ2n) is 1.60.